The highest BCUT2D eigenvalue weighted by atomic mass is 28.2. The van der Waals surface area contributed by atoms with E-state index in [-0.39, 0.29) is 15.4 Å². The molecular weight excluding hydrogens is 204 g/mol. The number of hydrogen-bond acceptors (Lipinski definition) is 2. The fraction of sp³-hybridized carbons (Fsp3) is 1.00. The lowest BCUT2D eigenvalue weighted by atomic mass is 10.2. The number of rotatable bonds is 11. The van der Waals surface area contributed by atoms with Crippen LogP contribution in [-0.4, -0.2) is 28.6 Å². The summed E-state index contributed by atoms with van der Waals surface area (Å²) in [6, 6.07) is 1.37. The highest BCUT2D eigenvalue weighted by molar-refractivity contribution is 6.36. The summed E-state index contributed by atoms with van der Waals surface area (Å²) < 4.78 is 11.1. The highest BCUT2D eigenvalue weighted by Crippen LogP contribution is 2.06. The molecule has 0 unspecified atom stereocenters. The van der Waals surface area contributed by atoms with E-state index in [1.807, 2.05) is 13.8 Å². The quantitative estimate of drug-likeness (QED) is 0.310. The second-order valence-corrected chi connectivity index (χ2v) is 5.85. The van der Waals surface area contributed by atoms with E-state index in [4.69, 9.17) is 9.47 Å². The smallest absolute Gasteiger partial charge is 0.134 e. The summed E-state index contributed by atoms with van der Waals surface area (Å²) in [5.74, 6) is 0.172. The minimum Gasteiger partial charge on any atom is -0.357 e. The molecule has 0 aromatic heterocycles. The largest absolute Gasteiger partial charge is 0.357 e. The van der Waals surface area contributed by atoms with E-state index < -0.39 is 0 Å². The van der Waals surface area contributed by atoms with Crippen LogP contribution in [-0.2, 0) is 9.47 Å². The summed E-state index contributed by atoms with van der Waals surface area (Å²) in [4.78, 5) is 0. The first-order valence-corrected chi connectivity index (χ1v) is 8.39. The molecule has 0 aromatic carbocycles. The van der Waals surface area contributed by atoms with Crippen LogP contribution in [0.25, 0.3) is 0 Å². The maximum atomic E-state index is 5.55. The standard InChI is InChI=1S/C12H28O2Si/c1-4-7-8-9-10-11-15-12(13-5-2)14-6-3/h12H,4-11,15H2,1-3H3. The van der Waals surface area contributed by atoms with Crippen molar-refractivity contribution < 1.29 is 9.47 Å². The van der Waals surface area contributed by atoms with Crippen molar-refractivity contribution in [1.82, 2.24) is 0 Å². The van der Waals surface area contributed by atoms with Crippen LogP contribution in [0.2, 0.25) is 6.04 Å². The van der Waals surface area contributed by atoms with E-state index in [2.05, 4.69) is 6.92 Å². The first-order valence-electron chi connectivity index (χ1n) is 6.58. The average Bonchev–Trinajstić information content (AvgIpc) is 2.24. The van der Waals surface area contributed by atoms with Crippen LogP contribution in [0.15, 0.2) is 0 Å². The van der Waals surface area contributed by atoms with Crippen molar-refractivity contribution in [3.63, 3.8) is 0 Å². The van der Waals surface area contributed by atoms with E-state index in [0.29, 0.717) is 0 Å². The zero-order chi connectivity index (χ0) is 11.4. The van der Waals surface area contributed by atoms with Crippen LogP contribution < -0.4 is 0 Å². The predicted octanol–water partition coefficient (Wildman–Crippen LogP) is 2.90. The van der Waals surface area contributed by atoms with Gasteiger partial charge in [0.15, 0.2) is 0 Å². The fourth-order valence-electron chi connectivity index (χ4n) is 1.68. The Morgan fingerprint density at radius 1 is 0.867 bits per heavy atom. The van der Waals surface area contributed by atoms with E-state index in [0.717, 1.165) is 13.2 Å². The van der Waals surface area contributed by atoms with Crippen molar-refractivity contribution in [2.75, 3.05) is 13.2 Å². The van der Waals surface area contributed by atoms with Crippen molar-refractivity contribution >= 4 is 9.52 Å². The molecule has 0 aliphatic carbocycles. The van der Waals surface area contributed by atoms with Gasteiger partial charge in [0.1, 0.15) is 5.91 Å². The van der Waals surface area contributed by atoms with Gasteiger partial charge in [-0.05, 0) is 13.8 Å². The SMILES string of the molecule is CCCCCCC[SiH2]C(OCC)OCC. The molecule has 0 aliphatic heterocycles. The number of hydrogen-bond donors (Lipinski definition) is 0. The minimum absolute atomic E-state index is 0.172. The fourth-order valence-corrected chi connectivity index (χ4v) is 3.46. The molecule has 0 aromatic rings. The normalized spacial score (nSPS) is 12.0. The van der Waals surface area contributed by atoms with Crippen molar-refractivity contribution in [2.24, 2.45) is 0 Å². The third kappa shape index (κ3) is 10.4. The first-order chi connectivity index (χ1) is 7.35. The Bertz CT molecular complexity index is 114. The van der Waals surface area contributed by atoms with Gasteiger partial charge in [0.25, 0.3) is 0 Å². The van der Waals surface area contributed by atoms with Gasteiger partial charge in [-0.25, -0.2) is 0 Å². The van der Waals surface area contributed by atoms with Gasteiger partial charge in [-0.1, -0.05) is 45.1 Å². The third-order valence-electron chi connectivity index (χ3n) is 2.50. The molecule has 0 spiro atoms. The topological polar surface area (TPSA) is 18.5 Å². The maximum Gasteiger partial charge on any atom is 0.134 e. The molecule has 0 heterocycles. The Hall–Kier alpha value is 0.137. The van der Waals surface area contributed by atoms with Crippen molar-refractivity contribution in [2.45, 2.75) is 64.8 Å². The molecule has 0 amide bonds. The van der Waals surface area contributed by atoms with Gasteiger partial charge < -0.3 is 9.47 Å². The van der Waals surface area contributed by atoms with Crippen LogP contribution in [0.4, 0.5) is 0 Å². The van der Waals surface area contributed by atoms with Crippen LogP contribution >= 0.6 is 0 Å². The van der Waals surface area contributed by atoms with Gasteiger partial charge in [0.2, 0.25) is 0 Å². The molecule has 3 heteroatoms. The molecule has 0 atom stereocenters. The Labute approximate surface area is 97.6 Å². The Kier molecular flexibility index (Phi) is 12.3. The van der Waals surface area contributed by atoms with Crippen LogP contribution in [0.3, 0.4) is 0 Å². The van der Waals surface area contributed by atoms with E-state index >= 15 is 0 Å². The zero-order valence-electron chi connectivity index (χ0n) is 10.8. The summed E-state index contributed by atoms with van der Waals surface area (Å²) in [5, 5.41) is 0. The summed E-state index contributed by atoms with van der Waals surface area (Å²) in [5.41, 5.74) is 0. The lowest BCUT2D eigenvalue weighted by Crippen LogP contribution is -2.24. The van der Waals surface area contributed by atoms with Crippen molar-refractivity contribution in [3.8, 4) is 0 Å². The van der Waals surface area contributed by atoms with Gasteiger partial charge >= 0.3 is 0 Å². The highest BCUT2D eigenvalue weighted by Gasteiger charge is 2.07. The molecule has 2 nitrogen and oxygen atoms in total. The second kappa shape index (κ2) is 12.2. The Morgan fingerprint density at radius 3 is 2.00 bits per heavy atom. The molecule has 92 valence electrons. The molecule has 0 rings (SSSR count). The van der Waals surface area contributed by atoms with E-state index in [1.165, 1.54) is 38.1 Å². The molecular formula is C12H28O2Si. The Balaban J connectivity index is 3.28. The monoisotopic (exact) mass is 232 g/mol. The Morgan fingerprint density at radius 2 is 1.47 bits per heavy atom. The predicted molar refractivity (Wildman–Crippen MR) is 69.2 cm³/mol. The second-order valence-electron chi connectivity index (χ2n) is 3.90. The molecule has 15 heavy (non-hydrogen) atoms. The molecule has 0 bridgehead atoms. The van der Waals surface area contributed by atoms with E-state index in [9.17, 15) is 0 Å². The van der Waals surface area contributed by atoms with Gasteiger partial charge in [-0.2, -0.15) is 0 Å². The van der Waals surface area contributed by atoms with Gasteiger partial charge in [0, 0.05) is 13.2 Å². The summed E-state index contributed by atoms with van der Waals surface area (Å²) in [6.45, 7) is 7.92. The van der Waals surface area contributed by atoms with Crippen molar-refractivity contribution in [1.29, 1.82) is 0 Å². The van der Waals surface area contributed by atoms with Gasteiger partial charge in [-0.15, -0.1) is 0 Å². The van der Waals surface area contributed by atoms with Gasteiger partial charge in [0.05, 0.1) is 9.52 Å². The first kappa shape index (κ1) is 15.1. The number of ether oxygens (including phenoxy) is 2. The minimum atomic E-state index is -0.175. The molecule has 0 saturated carbocycles. The average molecular weight is 232 g/mol. The molecule has 0 saturated heterocycles. The molecule has 0 fully saturated rings. The lowest BCUT2D eigenvalue weighted by Gasteiger charge is -2.16. The molecule has 0 aliphatic rings. The lowest BCUT2D eigenvalue weighted by molar-refractivity contribution is -0.0827. The summed E-state index contributed by atoms with van der Waals surface area (Å²) in [6.07, 6.45) is 6.90. The zero-order valence-corrected chi connectivity index (χ0v) is 12.2. The van der Waals surface area contributed by atoms with Gasteiger partial charge in [-0.3, -0.25) is 0 Å². The summed E-state index contributed by atoms with van der Waals surface area (Å²) in [7, 11) is -0.175. The molecule has 0 N–H and O–H groups in total. The number of unbranched alkanes of at least 4 members (excludes halogenated alkanes) is 4. The van der Waals surface area contributed by atoms with Crippen LogP contribution in [0.1, 0.15) is 52.9 Å². The van der Waals surface area contributed by atoms with Crippen LogP contribution in [0, 0.1) is 0 Å². The third-order valence-corrected chi connectivity index (χ3v) is 4.35. The molecule has 0 radical (unpaired) electrons. The van der Waals surface area contributed by atoms with E-state index in [1.54, 1.807) is 0 Å². The maximum absolute atomic E-state index is 5.55. The van der Waals surface area contributed by atoms with Crippen molar-refractivity contribution in [3.05, 3.63) is 0 Å². The summed E-state index contributed by atoms with van der Waals surface area (Å²) >= 11 is 0. The van der Waals surface area contributed by atoms with Crippen LogP contribution in [0.5, 0.6) is 0 Å².